The first kappa shape index (κ1) is 24.4. The minimum atomic E-state index is -1.19. The topological polar surface area (TPSA) is 87.1 Å². The van der Waals surface area contributed by atoms with Crippen LogP contribution in [0.4, 0.5) is 5.69 Å². The third-order valence-corrected chi connectivity index (χ3v) is 5.61. The van der Waals surface area contributed by atoms with Gasteiger partial charge in [-0.25, -0.2) is 0 Å². The number of amides is 1. The first-order chi connectivity index (χ1) is 15.6. The van der Waals surface area contributed by atoms with Crippen LogP contribution in [0.5, 0.6) is 17.2 Å². The van der Waals surface area contributed by atoms with Gasteiger partial charge in [-0.3, -0.25) is 14.5 Å². The lowest BCUT2D eigenvalue weighted by atomic mass is 10.0. The van der Waals surface area contributed by atoms with E-state index in [1.807, 2.05) is 13.8 Å². The second kappa shape index (κ2) is 10.1. The Hall–Kier alpha value is -3.22. The van der Waals surface area contributed by atoms with Crippen molar-refractivity contribution in [3.63, 3.8) is 0 Å². The molecule has 0 radical (unpaired) electrons. The van der Waals surface area contributed by atoms with Gasteiger partial charge in [-0.15, -0.1) is 0 Å². The van der Waals surface area contributed by atoms with Gasteiger partial charge in [0.15, 0.2) is 5.75 Å². The fourth-order valence-corrected chi connectivity index (χ4v) is 3.90. The lowest BCUT2D eigenvalue weighted by Gasteiger charge is -2.23. The van der Waals surface area contributed by atoms with Crippen molar-refractivity contribution in [1.82, 2.24) is 0 Å². The zero-order valence-electron chi connectivity index (χ0n) is 18.3. The van der Waals surface area contributed by atoms with Crippen LogP contribution in [0, 0.1) is 6.92 Å². The largest absolute Gasteiger partial charge is 0.508 e. The summed E-state index contributed by atoms with van der Waals surface area (Å²) in [5, 5.41) is 19.6. The summed E-state index contributed by atoms with van der Waals surface area (Å²) in [5.74, 6) is -0.874. The monoisotopic (exact) mass is 487 g/mol. The van der Waals surface area contributed by atoms with E-state index in [4.69, 9.17) is 27.9 Å². The van der Waals surface area contributed by atoms with E-state index in [0.717, 1.165) is 4.90 Å². The van der Waals surface area contributed by atoms with Crippen molar-refractivity contribution in [2.45, 2.75) is 26.7 Å². The molecule has 0 aliphatic carbocycles. The average Bonchev–Trinajstić information content (AvgIpc) is 2.75. The molecule has 3 aromatic carbocycles. The predicted octanol–water partition coefficient (Wildman–Crippen LogP) is 6.65. The maximum atomic E-state index is 13.2. The van der Waals surface area contributed by atoms with Crippen LogP contribution in [-0.4, -0.2) is 28.6 Å². The number of nitrogens with zero attached hydrogens (tertiary/aromatic N) is 1. The number of phenols is 1. The minimum Gasteiger partial charge on any atom is -0.508 e. The van der Waals surface area contributed by atoms with E-state index in [1.165, 1.54) is 18.2 Å². The number of hydrogen-bond donors (Lipinski definition) is 2. The third-order valence-electron chi connectivity index (χ3n) is 5.05. The number of aliphatic carboxylic acids is 1. The smallest absolute Gasteiger partial charge is 0.323 e. The predicted molar refractivity (Wildman–Crippen MR) is 129 cm³/mol. The molecule has 3 rings (SSSR count). The second-order valence-electron chi connectivity index (χ2n) is 7.82. The molecule has 6 nitrogen and oxygen atoms in total. The molecule has 0 saturated carbocycles. The van der Waals surface area contributed by atoms with Crippen LogP contribution < -0.4 is 9.64 Å². The lowest BCUT2D eigenvalue weighted by Crippen LogP contribution is -2.36. The van der Waals surface area contributed by atoms with E-state index in [2.05, 4.69) is 0 Å². The maximum absolute atomic E-state index is 13.2. The van der Waals surface area contributed by atoms with Crippen LogP contribution >= 0.6 is 23.2 Å². The van der Waals surface area contributed by atoms with Gasteiger partial charge in [-0.2, -0.15) is 0 Å². The first-order valence-corrected chi connectivity index (χ1v) is 10.9. The number of phenolic OH excluding ortho intramolecular Hbond substituents is 1. The van der Waals surface area contributed by atoms with Crippen LogP contribution in [0.1, 0.15) is 41.3 Å². The number of carbonyl (C=O) groups is 2. The normalized spacial score (nSPS) is 10.8. The molecular weight excluding hydrogens is 465 g/mol. The Labute approximate surface area is 201 Å². The quantitative estimate of drug-likeness (QED) is 0.389. The zero-order chi connectivity index (χ0) is 24.3. The molecule has 0 heterocycles. The van der Waals surface area contributed by atoms with Crippen molar-refractivity contribution < 1.29 is 24.5 Å². The van der Waals surface area contributed by atoms with Gasteiger partial charge in [0.05, 0.1) is 10.0 Å². The number of carboxylic acid groups (broad SMARTS) is 1. The average molecular weight is 488 g/mol. The summed E-state index contributed by atoms with van der Waals surface area (Å²) in [7, 11) is 0. The number of hydrogen-bond acceptors (Lipinski definition) is 4. The van der Waals surface area contributed by atoms with Crippen LogP contribution in [-0.2, 0) is 4.79 Å². The standard InChI is InChI=1S/C25H23Cl2NO5/c1-14(2)19-12-17(8-9-22(19)29)33-24-20(26)10-16(11-21(24)27)28(13-23(30)31)25(32)18-7-5-4-6-15(18)3/h4-12,14,29H,13H2,1-3H3,(H,30,31). The summed E-state index contributed by atoms with van der Waals surface area (Å²) in [5.41, 5.74) is 2.01. The fraction of sp³-hybridized carbons (Fsp3) is 0.200. The Balaban J connectivity index is 1.99. The highest BCUT2D eigenvalue weighted by atomic mass is 35.5. The number of carbonyl (C=O) groups excluding carboxylic acids is 1. The van der Waals surface area contributed by atoms with Gasteiger partial charge >= 0.3 is 5.97 Å². The molecule has 172 valence electrons. The van der Waals surface area contributed by atoms with Crippen LogP contribution in [0.3, 0.4) is 0 Å². The molecule has 0 spiro atoms. The van der Waals surface area contributed by atoms with Gasteiger partial charge in [-0.05, 0) is 54.8 Å². The summed E-state index contributed by atoms with van der Waals surface area (Å²) in [4.78, 5) is 25.7. The summed E-state index contributed by atoms with van der Waals surface area (Å²) in [6.45, 7) is 5.08. The molecule has 33 heavy (non-hydrogen) atoms. The molecule has 0 aliphatic rings. The fourth-order valence-electron chi connectivity index (χ4n) is 3.35. The Morgan fingerprint density at radius 3 is 2.24 bits per heavy atom. The number of aryl methyl sites for hydroxylation is 1. The van der Waals surface area contributed by atoms with E-state index in [1.54, 1.807) is 43.3 Å². The Morgan fingerprint density at radius 1 is 1.03 bits per heavy atom. The first-order valence-electron chi connectivity index (χ1n) is 10.2. The molecule has 0 fully saturated rings. The molecule has 3 aromatic rings. The number of rotatable bonds is 7. The minimum absolute atomic E-state index is 0.0684. The van der Waals surface area contributed by atoms with Gasteiger partial charge in [0.2, 0.25) is 0 Å². The van der Waals surface area contributed by atoms with Crippen molar-refractivity contribution in [3.8, 4) is 17.2 Å². The Kier molecular flexibility index (Phi) is 7.51. The van der Waals surface area contributed by atoms with Crippen molar-refractivity contribution in [3.05, 3.63) is 81.3 Å². The van der Waals surface area contributed by atoms with E-state index < -0.39 is 18.4 Å². The van der Waals surface area contributed by atoms with Gasteiger partial charge in [-0.1, -0.05) is 55.2 Å². The van der Waals surface area contributed by atoms with Gasteiger partial charge in [0, 0.05) is 16.8 Å². The summed E-state index contributed by atoms with van der Waals surface area (Å²) in [6, 6.07) is 14.6. The number of carboxylic acids is 1. The summed E-state index contributed by atoms with van der Waals surface area (Å²) in [6.07, 6.45) is 0. The number of anilines is 1. The van der Waals surface area contributed by atoms with Crippen molar-refractivity contribution >= 4 is 40.8 Å². The number of aromatic hydroxyl groups is 1. The van der Waals surface area contributed by atoms with Gasteiger partial charge in [0.25, 0.3) is 5.91 Å². The highest BCUT2D eigenvalue weighted by Gasteiger charge is 2.24. The summed E-state index contributed by atoms with van der Waals surface area (Å²) >= 11 is 12.9. The molecular formula is C25H23Cl2NO5. The highest BCUT2D eigenvalue weighted by molar-refractivity contribution is 6.37. The number of halogens is 2. The number of benzene rings is 3. The Bertz CT molecular complexity index is 1190. The van der Waals surface area contributed by atoms with E-state index in [0.29, 0.717) is 22.4 Å². The maximum Gasteiger partial charge on any atom is 0.323 e. The van der Waals surface area contributed by atoms with Gasteiger partial charge < -0.3 is 14.9 Å². The van der Waals surface area contributed by atoms with Gasteiger partial charge in [0.1, 0.15) is 18.0 Å². The molecule has 0 unspecified atom stereocenters. The second-order valence-corrected chi connectivity index (χ2v) is 8.63. The molecule has 8 heteroatoms. The van der Waals surface area contributed by atoms with Crippen molar-refractivity contribution in [1.29, 1.82) is 0 Å². The molecule has 0 bridgehead atoms. The van der Waals surface area contributed by atoms with Crippen LogP contribution in [0.2, 0.25) is 10.0 Å². The SMILES string of the molecule is Cc1ccccc1C(=O)N(CC(=O)O)c1cc(Cl)c(Oc2ccc(O)c(C(C)C)c2)c(Cl)c1. The van der Waals surface area contributed by atoms with E-state index in [9.17, 15) is 19.8 Å². The van der Waals surface area contributed by atoms with Crippen molar-refractivity contribution in [2.75, 3.05) is 11.4 Å². The molecule has 0 atom stereocenters. The molecule has 0 aliphatic heterocycles. The molecule has 0 saturated heterocycles. The molecule has 0 aromatic heterocycles. The number of ether oxygens (including phenoxy) is 1. The van der Waals surface area contributed by atoms with E-state index >= 15 is 0 Å². The Morgan fingerprint density at radius 2 is 1.67 bits per heavy atom. The molecule has 1 amide bonds. The third kappa shape index (κ3) is 5.59. The highest BCUT2D eigenvalue weighted by Crippen LogP contribution is 2.41. The van der Waals surface area contributed by atoms with Crippen molar-refractivity contribution in [2.24, 2.45) is 0 Å². The molecule has 2 N–H and O–H groups in total. The van der Waals surface area contributed by atoms with Crippen LogP contribution in [0.25, 0.3) is 0 Å². The summed E-state index contributed by atoms with van der Waals surface area (Å²) < 4.78 is 5.87. The van der Waals surface area contributed by atoms with Crippen LogP contribution in [0.15, 0.2) is 54.6 Å². The lowest BCUT2D eigenvalue weighted by molar-refractivity contribution is -0.135. The van der Waals surface area contributed by atoms with E-state index in [-0.39, 0.29) is 33.1 Å². The zero-order valence-corrected chi connectivity index (χ0v) is 19.8.